The summed E-state index contributed by atoms with van der Waals surface area (Å²) in [4.78, 5) is 50.3. The Bertz CT molecular complexity index is 1610. The van der Waals surface area contributed by atoms with Gasteiger partial charge in [-0.25, -0.2) is 19.4 Å². The van der Waals surface area contributed by atoms with Gasteiger partial charge in [0.05, 0.1) is 12.9 Å². The van der Waals surface area contributed by atoms with Crippen LogP contribution in [-0.2, 0) is 25.5 Å². The van der Waals surface area contributed by atoms with Crippen LogP contribution in [0, 0.1) is 12.3 Å². The number of nitrogens with one attached hydrogen (secondary N) is 1. The van der Waals surface area contributed by atoms with Gasteiger partial charge >= 0.3 is 18.0 Å². The number of hydrogen-bond donors (Lipinski definition) is 6. The lowest BCUT2D eigenvalue weighted by atomic mass is 9.91. The minimum atomic E-state index is -2.84. The van der Waals surface area contributed by atoms with Gasteiger partial charge in [0.2, 0.25) is 5.28 Å². The number of urea groups is 1. The Morgan fingerprint density at radius 2 is 1.98 bits per heavy atom. The van der Waals surface area contributed by atoms with E-state index in [0.29, 0.717) is 18.8 Å². The van der Waals surface area contributed by atoms with E-state index in [-0.39, 0.29) is 33.9 Å². The molecule has 4 unspecified atom stereocenters. The van der Waals surface area contributed by atoms with Crippen molar-refractivity contribution < 1.29 is 44.3 Å². The van der Waals surface area contributed by atoms with Crippen molar-refractivity contribution in [3.05, 3.63) is 41.4 Å². The molecule has 43 heavy (non-hydrogen) atoms. The Morgan fingerprint density at radius 1 is 1.28 bits per heavy atom. The number of carboxylic acid groups (broad SMARTS) is 2. The summed E-state index contributed by atoms with van der Waals surface area (Å²) < 4.78 is 12.5. The second-order valence-electron chi connectivity index (χ2n) is 9.96. The van der Waals surface area contributed by atoms with Crippen LogP contribution >= 0.6 is 11.6 Å². The molecule has 3 aromatic rings. The average Bonchev–Trinajstić information content (AvgIpc) is 3.50. The number of aliphatic carboxylic acids is 2. The van der Waals surface area contributed by atoms with Gasteiger partial charge in [0.1, 0.15) is 17.7 Å². The van der Waals surface area contributed by atoms with Gasteiger partial charge in [0.25, 0.3) is 5.60 Å². The summed E-state index contributed by atoms with van der Waals surface area (Å²) in [6.07, 6.45) is 1.95. The van der Waals surface area contributed by atoms with Crippen molar-refractivity contribution in [3.63, 3.8) is 0 Å². The van der Waals surface area contributed by atoms with Gasteiger partial charge in [-0.2, -0.15) is 9.97 Å². The number of benzene rings is 1. The van der Waals surface area contributed by atoms with E-state index in [1.165, 1.54) is 27.9 Å². The molecule has 7 N–H and O–H groups in total. The molecule has 0 bridgehead atoms. The molecule has 4 heterocycles. The Kier molecular flexibility index (Phi) is 7.86. The molecule has 0 radical (unpaired) electrons. The number of carboxylic acids is 2. The minimum Gasteiger partial charge on any atom is -0.479 e. The van der Waals surface area contributed by atoms with Crippen LogP contribution in [0.25, 0.3) is 11.2 Å². The predicted octanol–water partition coefficient (Wildman–Crippen LogP) is -0.228. The fourth-order valence-corrected chi connectivity index (χ4v) is 5.18. The van der Waals surface area contributed by atoms with Crippen molar-refractivity contribution in [3.8, 4) is 12.3 Å². The zero-order valence-corrected chi connectivity index (χ0v) is 23.0. The van der Waals surface area contributed by atoms with E-state index in [1.54, 1.807) is 12.1 Å². The largest absolute Gasteiger partial charge is 0.479 e. The first-order valence-electron chi connectivity index (χ1n) is 12.9. The number of nitrogens with zero attached hydrogens (tertiary/aromatic N) is 5. The van der Waals surface area contributed by atoms with Gasteiger partial charge in [-0.15, -0.1) is 6.42 Å². The molecule has 1 aromatic carbocycles. The molecule has 16 nitrogen and oxygen atoms in total. The number of imidazole rings is 1. The topological polar surface area (TPSA) is 235 Å². The summed E-state index contributed by atoms with van der Waals surface area (Å²) >= 11 is 5.91. The summed E-state index contributed by atoms with van der Waals surface area (Å²) in [5.41, 5.74) is 1.49. The third kappa shape index (κ3) is 5.17. The first kappa shape index (κ1) is 29.9. The molecule has 2 aliphatic heterocycles. The number of fused-ring (bicyclic) bond motifs is 1. The first-order valence-corrected chi connectivity index (χ1v) is 13.2. The van der Waals surface area contributed by atoms with E-state index >= 15 is 0 Å². The van der Waals surface area contributed by atoms with Crippen LogP contribution in [0.1, 0.15) is 18.2 Å². The number of nitrogens with two attached hydrogens (primary N) is 1. The molecular formula is C26H26ClN7O9. The highest BCUT2D eigenvalue weighted by Gasteiger charge is 2.58. The van der Waals surface area contributed by atoms with Crippen LogP contribution in [0.5, 0.6) is 0 Å². The minimum absolute atomic E-state index is 0.0402. The highest BCUT2D eigenvalue weighted by atomic mass is 35.5. The van der Waals surface area contributed by atoms with E-state index < -0.39 is 54.6 Å². The molecule has 2 fully saturated rings. The Balaban J connectivity index is 1.39. The van der Waals surface area contributed by atoms with E-state index in [9.17, 15) is 34.8 Å². The highest BCUT2D eigenvalue weighted by Crippen LogP contribution is 2.39. The van der Waals surface area contributed by atoms with E-state index in [0.717, 1.165) is 6.42 Å². The first-order chi connectivity index (χ1) is 20.4. The zero-order valence-electron chi connectivity index (χ0n) is 22.3. The van der Waals surface area contributed by atoms with Crippen molar-refractivity contribution in [2.45, 2.75) is 42.5 Å². The highest BCUT2D eigenvalue weighted by molar-refractivity contribution is 6.28. The second kappa shape index (κ2) is 11.3. The number of carbonyl (C=O) groups excluding carboxylic acids is 1. The molecule has 17 heteroatoms. The van der Waals surface area contributed by atoms with Crippen molar-refractivity contribution in [2.24, 2.45) is 0 Å². The van der Waals surface area contributed by atoms with Gasteiger partial charge in [-0.05, 0) is 35.7 Å². The van der Waals surface area contributed by atoms with E-state index in [1.807, 2.05) is 5.92 Å². The number of amides is 2. The molecule has 2 aromatic heterocycles. The lowest BCUT2D eigenvalue weighted by Gasteiger charge is -2.30. The number of halogens is 1. The van der Waals surface area contributed by atoms with E-state index in [2.05, 4.69) is 20.3 Å². The Hall–Kier alpha value is -4.53. The number of nitrogen functional groups attached to an aromatic ring is 1. The van der Waals surface area contributed by atoms with Gasteiger partial charge in [0.15, 0.2) is 23.3 Å². The maximum absolute atomic E-state index is 12.4. The monoisotopic (exact) mass is 615 g/mol. The van der Waals surface area contributed by atoms with Crippen molar-refractivity contribution in [2.75, 3.05) is 30.3 Å². The van der Waals surface area contributed by atoms with Gasteiger partial charge in [0, 0.05) is 25.2 Å². The summed E-state index contributed by atoms with van der Waals surface area (Å²) in [5.74, 6) is -1.69. The van der Waals surface area contributed by atoms with E-state index in [4.69, 9.17) is 33.2 Å². The van der Waals surface area contributed by atoms with Gasteiger partial charge < -0.3 is 41.0 Å². The molecule has 226 valence electrons. The summed E-state index contributed by atoms with van der Waals surface area (Å²) in [6.45, 7) is 0.179. The Labute approximate surface area is 248 Å². The molecule has 0 spiro atoms. The van der Waals surface area contributed by atoms with Crippen LogP contribution in [-0.4, -0.2) is 101 Å². The summed E-state index contributed by atoms with van der Waals surface area (Å²) in [5, 5.41) is 44.7. The smallest absolute Gasteiger partial charge is 0.348 e. The van der Waals surface area contributed by atoms with Crippen molar-refractivity contribution >= 4 is 52.2 Å². The number of rotatable bonds is 9. The molecule has 5 rings (SSSR count). The lowest BCUT2D eigenvalue weighted by molar-refractivity contribution is -0.191. The van der Waals surface area contributed by atoms with Crippen molar-refractivity contribution in [1.29, 1.82) is 0 Å². The van der Waals surface area contributed by atoms with Crippen LogP contribution in [0.3, 0.4) is 0 Å². The molecule has 0 aliphatic carbocycles. The molecule has 4 atom stereocenters. The molecular weight excluding hydrogens is 590 g/mol. The molecule has 2 amide bonds. The van der Waals surface area contributed by atoms with Crippen molar-refractivity contribution in [1.82, 2.24) is 24.8 Å². The van der Waals surface area contributed by atoms with Gasteiger partial charge in [-0.3, -0.25) is 9.47 Å². The van der Waals surface area contributed by atoms with Gasteiger partial charge in [-0.1, -0.05) is 18.1 Å². The third-order valence-corrected chi connectivity index (χ3v) is 7.56. The van der Waals surface area contributed by atoms with Crippen LogP contribution in [0.15, 0.2) is 30.6 Å². The number of anilines is 2. The van der Waals surface area contributed by atoms with Crippen LogP contribution in [0.2, 0.25) is 5.28 Å². The number of hydrogen-bond acceptors (Lipinski definition) is 11. The fraction of sp³-hybridized carbons (Fsp3) is 0.385. The Morgan fingerprint density at radius 3 is 2.60 bits per heavy atom. The third-order valence-electron chi connectivity index (χ3n) is 7.40. The predicted molar refractivity (Wildman–Crippen MR) is 148 cm³/mol. The zero-order chi connectivity index (χ0) is 31.1. The summed E-state index contributed by atoms with van der Waals surface area (Å²) in [6, 6.07) is 5.80. The number of terminal acetylenes is 1. The molecule has 2 aliphatic rings. The number of ether oxygens (including phenoxy) is 2. The van der Waals surface area contributed by atoms with Crippen LogP contribution < -0.4 is 16.0 Å². The molecule has 0 saturated carbocycles. The number of carbonyl (C=O) groups is 3. The standard InChI is InChI=1S/C26H26ClN7O9/c1-2-25(41)15(43-20(17(25)35)34-12-30-16-18(28)31-23(27)32-19(16)34)11-42-26(21(36)37,22(38)39)10-13-4-6-14(7-5-13)33-9-3-8-29-24(33)40/h1,4-7,12,15,17,20,35,41H,3,8-11H2,(H,29,40)(H,36,37)(H,38,39)(H2,28,31,32). The average molecular weight is 616 g/mol. The normalized spacial score (nSPS) is 24.1. The summed E-state index contributed by atoms with van der Waals surface area (Å²) in [7, 11) is 0. The molecule has 2 saturated heterocycles. The SMILES string of the molecule is C#CC1(O)C(COC(Cc2ccc(N3CCCNC3=O)cc2)(C(=O)O)C(=O)O)OC(n2cnc3c(N)nc(Cl)nc32)C1O. The number of aliphatic hydroxyl groups excluding tert-OH is 1. The number of aromatic nitrogens is 4. The maximum Gasteiger partial charge on any atom is 0.348 e. The lowest BCUT2D eigenvalue weighted by Crippen LogP contribution is -2.55. The number of aliphatic hydroxyl groups is 2. The quantitative estimate of drug-likeness (QED) is 0.104. The maximum atomic E-state index is 12.4. The second-order valence-corrected chi connectivity index (χ2v) is 10.3. The van der Waals surface area contributed by atoms with Crippen LogP contribution in [0.4, 0.5) is 16.3 Å². The fourth-order valence-electron chi connectivity index (χ4n) is 5.01.